The molecule has 2 nitrogen and oxygen atoms in total. The molecule has 0 spiro atoms. The molecule has 1 aliphatic rings. The van der Waals surface area contributed by atoms with Crippen molar-refractivity contribution in [1.82, 2.24) is 0 Å². The van der Waals surface area contributed by atoms with E-state index in [-0.39, 0.29) is 6.04 Å². The van der Waals surface area contributed by atoms with Crippen LogP contribution < -0.4 is 10.5 Å². The van der Waals surface area contributed by atoms with Gasteiger partial charge < -0.3 is 10.5 Å². The SMILES string of the molecule is COc1cc(C)cc(C)c1C(N)CC1CC1. The highest BCUT2D eigenvalue weighted by molar-refractivity contribution is 5.45. The van der Waals surface area contributed by atoms with Crippen molar-refractivity contribution < 1.29 is 4.74 Å². The van der Waals surface area contributed by atoms with Gasteiger partial charge in [0.1, 0.15) is 5.75 Å². The Kier molecular flexibility index (Phi) is 3.20. The van der Waals surface area contributed by atoms with E-state index in [1.54, 1.807) is 7.11 Å². The van der Waals surface area contributed by atoms with Gasteiger partial charge in [0.05, 0.1) is 7.11 Å². The molecule has 0 aliphatic heterocycles. The molecule has 2 rings (SSSR count). The second kappa shape index (κ2) is 4.46. The number of aryl methyl sites for hydroxylation is 2. The molecule has 1 aromatic carbocycles. The lowest BCUT2D eigenvalue weighted by atomic mass is 9.95. The normalized spacial score (nSPS) is 17.2. The van der Waals surface area contributed by atoms with Crippen LogP contribution in [0.25, 0.3) is 0 Å². The van der Waals surface area contributed by atoms with Gasteiger partial charge in [0.2, 0.25) is 0 Å². The number of nitrogens with two attached hydrogens (primary N) is 1. The summed E-state index contributed by atoms with van der Waals surface area (Å²) in [5.74, 6) is 1.80. The van der Waals surface area contributed by atoms with Gasteiger partial charge in [-0.3, -0.25) is 0 Å². The van der Waals surface area contributed by atoms with Crippen LogP contribution >= 0.6 is 0 Å². The van der Waals surface area contributed by atoms with Crippen molar-refractivity contribution in [3.63, 3.8) is 0 Å². The summed E-state index contributed by atoms with van der Waals surface area (Å²) in [5, 5.41) is 0. The number of hydrogen-bond donors (Lipinski definition) is 1. The molecule has 2 N–H and O–H groups in total. The number of rotatable bonds is 4. The van der Waals surface area contributed by atoms with Gasteiger partial charge >= 0.3 is 0 Å². The third kappa shape index (κ3) is 2.38. The highest BCUT2D eigenvalue weighted by Crippen LogP contribution is 2.39. The fraction of sp³-hybridized carbons (Fsp3) is 0.571. The molecule has 1 unspecified atom stereocenters. The van der Waals surface area contributed by atoms with Crippen LogP contribution in [0, 0.1) is 19.8 Å². The molecule has 0 heterocycles. The predicted octanol–water partition coefficient (Wildman–Crippen LogP) is 3.11. The Hall–Kier alpha value is -1.02. The van der Waals surface area contributed by atoms with Gasteiger partial charge in [0, 0.05) is 11.6 Å². The number of benzene rings is 1. The molecule has 0 amide bonds. The molecule has 1 fully saturated rings. The Morgan fingerprint density at radius 2 is 2.06 bits per heavy atom. The van der Waals surface area contributed by atoms with Crippen LogP contribution in [0.1, 0.15) is 42.0 Å². The lowest BCUT2D eigenvalue weighted by molar-refractivity contribution is 0.402. The van der Waals surface area contributed by atoms with Crippen molar-refractivity contribution in [3.8, 4) is 5.75 Å². The van der Waals surface area contributed by atoms with E-state index in [1.165, 1.54) is 29.5 Å². The zero-order valence-corrected chi connectivity index (χ0v) is 10.4. The van der Waals surface area contributed by atoms with Gasteiger partial charge in [-0.05, 0) is 43.4 Å². The predicted molar refractivity (Wildman–Crippen MR) is 66.7 cm³/mol. The van der Waals surface area contributed by atoms with Crippen LogP contribution in [-0.4, -0.2) is 7.11 Å². The molecule has 1 aliphatic carbocycles. The third-order valence-corrected chi connectivity index (χ3v) is 3.37. The average Bonchev–Trinajstić information content (AvgIpc) is 2.99. The highest BCUT2D eigenvalue weighted by Gasteiger charge is 2.26. The minimum Gasteiger partial charge on any atom is -0.496 e. The zero-order valence-electron chi connectivity index (χ0n) is 10.4. The van der Waals surface area contributed by atoms with Crippen molar-refractivity contribution in [2.24, 2.45) is 11.7 Å². The maximum atomic E-state index is 6.28. The monoisotopic (exact) mass is 219 g/mol. The maximum absolute atomic E-state index is 6.28. The standard InChI is InChI=1S/C14H21NO/c1-9-6-10(2)14(13(7-9)16-3)12(15)8-11-4-5-11/h6-7,11-12H,4-5,8,15H2,1-3H3. The lowest BCUT2D eigenvalue weighted by Gasteiger charge is -2.19. The Balaban J connectivity index is 2.28. The van der Waals surface area contributed by atoms with Gasteiger partial charge in [-0.1, -0.05) is 18.9 Å². The van der Waals surface area contributed by atoms with E-state index in [0.29, 0.717) is 0 Å². The second-order valence-electron chi connectivity index (χ2n) is 4.98. The van der Waals surface area contributed by atoms with Crippen molar-refractivity contribution >= 4 is 0 Å². The molecule has 1 saturated carbocycles. The minimum atomic E-state index is 0.128. The Morgan fingerprint density at radius 1 is 1.38 bits per heavy atom. The number of ether oxygens (including phenoxy) is 1. The fourth-order valence-electron chi connectivity index (χ4n) is 2.41. The fourth-order valence-corrected chi connectivity index (χ4v) is 2.41. The summed E-state index contributed by atoms with van der Waals surface area (Å²) in [4.78, 5) is 0. The summed E-state index contributed by atoms with van der Waals surface area (Å²) in [6.45, 7) is 4.21. The second-order valence-corrected chi connectivity index (χ2v) is 4.98. The Morgan fingerprint density at radius 3 is 2.62 bits per heavy atom. The average molecular weight is 219 g/mol. The van der Waals surface area contributed by atoms with Gasteiger partial charge in [-0.25, -0.2) is 0 Å². The van der Waals surface area contributed by atoms with Gasteiger partial charge in [0.25, 0.3) is 0 Å². The van der Waals surface area contributed by atoms with E-state index in [2.05, 4.69) is 26.0 Å². The molecule has 2 heteroatoms. The van der Waals surface area contributed by atoms with Crippen molar-refractivity contribution in [2.45, 2.75) is 39.2 Å². The quantitative estimate of drug-likeness (QED) is 0.844. The smallest absolute Gasteiger partial charge is 0.124 e. The maximum Gasteiger partial charge on any atom is 0.124 e. The van der Waals surface area contributed by atoms with E-state index in [1.807, 2.05) is 0 Å². The first-order valence-electron chi connectivity index (χ1n) is 6.02. The van der Waals surface area contributed by atoms with Crippen molar-refractivity contribution in [1.29, 1.82) is 0 Å². The molecular weight excluding hydrogens is 198 g/mol. The van der Waals surface area contributed by atoms with Crippen molar-refractivity contribution in [3.05, 3.63) is 28.8 Å². The molecule has 1 atom stereocenters. The summed E-state index contributed by atoms with van der Waals surface area (Å²) < 4.78 is 5.45. The van der Waals surface area contributed by atoms with E-state index in [0.717, 1.165) is 18.1 Å². The molecular formula is C14H21NO. The van der Waals surface area contributed by atoms with Crippen LogP contribution in [0.2, 0.25) is 0 Å². The first-order valence-corrected chi connectivity index (χ1v) is 6.02. The van der Waals surface area contributed by atoms with Crippen LogP contribution in [0.15, 0.2) is 12.1 Å². The summed E-state index contributed by atoms with van der Waals surface area (Å²) in [6.07, 6.45) is 3.79. The molecule has 0 saturated heterocycles. The van der Waals surface area contributed by atoms with Crippen LogP contribution in [0.3, 0.4) is 0 Å². The minimum absolute atomic E-state index is 0.128. The van der Waals surface area contributed by atoms with Crippen LogP contribution in [0.4, 0.5) is 0 Å². The molecule has 0 aromatic heterocycles. The first kappa shape index (κ1) is 11.5. The molecule has 16 heavy (non-hydrogen) atoms. The summed E-state index contributed by atoms with van der Waals surface area (Å²) in [5.41, 5.74) is 9.97. The van der Waals surface area contributed by atoms with Gasteiger partial charge in [-0.15, -0.1) is 0 Å². The number of methoxy groups -OCH3 is 1. The van der Waals surface area contributed by atoms with E-state index in [4.69, 9.17) is 10.5 Å². The summed E-state index contributed by atoms with van der Waals surface area (Å²) >= 11 is 0. The molecule has 0 radical (unpaired) electrons. The van der Waals surface area contributed by atoms with E-state index in [9.17, 15) is 0 Å². The summed E-state index contributed by atoms with van der Waals surface area (Å²) in [7, 11) is 1.72. The Bertz CT molecular complexity index is 383. The Labute approximate surface area is 97.8 Å². The largest absolute Gasteiger partial charge is 0.496 e. The number of hydrogen-bond acceptors (Lipinski definition) is 2. The van der Waals surface area contributed by atoms with E-state index >= 15 is 0 Å². The molecule has 88 valence electrons. The van der Waals surface area contributed by atoms with Gasteiger partial charge in [0.15, 0.2) is 0 Å². The first-order chi connectivity index (χ1) is 7.61. The molecule has 1 aromatic rings. The van der Waals surface area contributed by atoms with E-state index < -0.39 is 0 Å². The van der Waals surface area contributed by atoms with Crippen LogP contribution in [0.5, 0.6) is 5.75 Å². The lowest BCUT2D eigenvalue weighted by Crippen LogP contribution is -2.14. The van der Waals surface area contributed by atoms with Crippen molar-refractivity contribution in [2.75, 3.05) is 7.11 Å². The molecule has 0 bridgehead atoms. The topological polar surface area (TPSA) is 35.2 Å². The zero-order chi connectivity index (χ0) is 11.7. The summed E-state index contributed by atoms with van der Waals surface area (Å²) in [6, 6.07) is 4.39. The third-order valence-electron chi connectivity index (χ3n) is 3.37. The van der Waals surface area contributed by atoms with Crippen LogP contribution in [-0.2, 0) is 0 Å². The highest BCUT2D eigenvalue weighted by atomic mass is 16.5. The van der Waals surface area contributed by atoms with Gasteiger partial charge in [-0.2, -0.15) is 0 Å².